The highest BCUT2D eigenvalue weighted by atomic mass is 79.9. The van der Waals surface area contributed by atoms with Crippen LogP contribution in [0.4, 0.5) is 13.2 Å². The molecular formula is C12H16BrF3N2S. The molecule has 0 spiro atoms. The summed E-state index contributed by atoms with van der Waals surface area (Å²) < 4.78 is 38.3. The van der Waals surface area contributed by atoms with Crippen molar-refractivity contribution in [1.29, 1.82) is 0 Å². The van der Waals surface area contributed by atoms with E-state index >= 15 is 0 Å². The summed E-state index contributed by atoms with van der Waals surface area (Å²) >= 11 is 4.90. The summed E-state index contributed by atoms with van der Waals surface area (Å²) in [4.78, 5) is 3.17. The van der Waals surface area contributed by atoms with Crippen LogP contribution in [0.3, 0.4) is 0 Å². The van der Waals surface area contributed by atoms with E-state index in [0.29, 0.717) is 0 Å². The predicted octanol–water partition coefficient (Wildman–Crippen LogP) is 3.80. The van der Waals surface area contributed by atoms with Gasteiger partial charge in [-0.05, 0) is 28.4 Å². The van der Waals surface area contributed by atoms with Gasteiger partial charge in [0, 0.05) is 53.4 Å². The van der Waals surface area contributed by atoms with Crippen molar-refractivity contribution in [2.45, 2.75) is 25.1 Å². The molecule has 0 radical (unpaired) electrons. The van der Waals surface area contributed by atoms with Crippen molar-refractivity contribution >= 4 is 27.3 Å². The van der Waals surface area contributed by atoms with Crippen LogP contribution in [-0.2, 0) is 0 Å². The lowest BCUT2D eigenvalue weighted by atomic mass is 10.1. The van der Waals surface area contributed by atoms with E-state index in [1.807, 2.05) is 11.4 Å². The van der Waals surface area contributed by atoms with E-state index in [-0.39, 0.29) is 12.5 Å². The Morgan fingerprint density at radius 1 is 1.37 bits per heavy atom. The Morgan fingerprint density at radius 3 is 2.58 bits per heavy atom. The second-order valence-corrected chi connectivity index (χ2v) is 6.48. The SMILES string of the molecule is FC(F)(F)CC[C@@H](c1cc(Br)cs1)N1CCNCC1. The van der Waals surface area contributed by atoms with Crippen molar-refractivity contribution in [2.75, 3.05) is 26.2 Å². The van der Waals surface area contributed by atoms with Gasteiger partial charge < -0.3 is 5.32 Å². The molecule has 0 saturated carbocycles. The lowest BCUT2D eigenvalue weighted by molar-refractivity contribution is -0.138. The number of nitrogens with zero attached hydrogens (tertiary/aromatic N) is 1. The molecule has 1 aromatic heterocycles. The van der Waals surface area contributed by atoms with Crippen LogP contribution >= 0.6 is 27.3 Å². The minimum absolute atomic E-state index is 0.125. The summed E-state index contributed by atoms with van der Waals surface area (Å²) in [5.41, 5.74) is 0. The fourth-order valence-corrected chi connectivity index (χ4v) is 3.92. The van der Waals surface area contributed by atoms with Gasteiger partial charge in [-0.25, -0.2) is 0 Å². The quantitative estimate of drug-likeness (QED) is 0.882. The molecule has 1 aliphatic rings. The summed E-state index contributed by atoms with van der Waals surface area (Å²) in [5, 5.41) is 5.16. The first-order chi connectivity index (χ1) is 8.96. The third-order valence-electron chi connectivity index (χ3n) is 3.21. The zero-order valence-electron chi connectivity index (χ0n) is 10.3. The molecule has 1 fully saturated rings. The minimum Gasteiger partial charge on any atom is -0.314 e. The zero-order valence-corrected chi connectivity index (χ0v) is 12.7. The number of alkyl halides is 3. The average molecular weight is 357 g/mol. The zero-order chi connectivity index (χ0) is 13.9. The number of piperazine rings is 1. The molecule has 1 aliphatic heterocycles. The Kier molecular flexibility index (Phi) is 5.28. The minimum atomic E-state index is -4.08. The first-order valence-electron chi connectivity index (χ1n) is 6.21. The molecular weight excluding hydrogens is 341 g/mol. The van der Waals surface area contributed by atoms with Crippen LogP contribution in [0.25, 0.3) is 0 Å². The summed E-state index contributed by atoms with van der Waals surface area (Å²) in [6.07, 6.45) is -4.67. The largest absolute Gasteiger partial charge is 0.389 e. The smallest absolute Gasteiger partial charge is 0.314 e. The van der Waals surface area contributed by atoms with Gasteiger partial charge in [0.1, 0.15) is 0 Å². The van der Waals surface area contributed by atoms with Gasteiger partial charge >= 0.3 is 6.18 Å². The summed E-state index contributed by atoms with van der Waals surface area (Å²) in [6.45, 7) is 3.29. The standard InChI is InChI=1S/C12H16BrF3N2S/c13-9-7-11(19-8-9)10(1-2-12(14,15)16)18-5-3-17-4-6-18/h7-8,10,17H,1-6H2/t10-/m0/s1. The predicted molar refractivity (Wildman–Crippen MR) is 74.5 cm³/mol. The Labute approximate surface area is 123 Å². The van der Waals surface area contributed by atoms with Crippen LogP contribution < -0.4 is 5.32 Å². The van der Waals surface area contributed by atoms with Crippen LogP contribution in [0, 0.1) is 0 Å². The van der Waals surface area contributed by atoms with E-state index in [9.17, 15) is 13.2 Å². The Morgan fingerprint density at radius 2 is 2.05 bits per heavy atom. The molecule has 0 aliphatic carbocycles. The van der Waals surface area contributed by atoms with Crippen molar-refractivity contribution in [2.24, 2.45) is 0 Å². The summed E-state index contributed by atoms with van der Waals surface area (Å²) in [7, 11) is 0. The Hall–Kier alpha value is -0.110. The molecule has 1 N–H and O–H groups in total. The highest BCUT2D eigenvalue weighted by Gasteiger charge is 2.31. The third kappa shape index (κ3) is 4.73. The Bertz CT molecular complexity index is 402. The molecule has 0 bridgehead atoms. The molecule has 0 unspecified atom stereocenters. The maximum atomic E-state index is 12.5. The maximum Gasteiger partial charge on any atom is 0.389 e. The molecule has 0 amide bonds. The topological polar surface area (TPSA) is 15.3 Å². The highest BCUT2D eigenvalue weighted by Crippen LogP contribution is 2.35. The maximum absolute atomic E-state index is 12.5. The lowest BCUT2D eigenvalue weighted by Crippen LogP contribution is -2.45. The van der Waals surface area contributed by atoms with Gasteiger partial charge in [-0.15, -0.1) is 11.3 Å². The summed E-state index contributed by atoms with van der Waals surface area (Å²) in [5.74, 6) is 0. The van der Waals surface area contributed by atoms with Crippen LogP contribution in [0.5, 0.6) is 0 Å². The molecule has 2 heterocycles. The number of halogens is 4. The van der Waals surface area contributed by atoms with E-state index in [2.05, 4.69) is 26.1 Å². The normalized spacial score (nSPS) is 19.6. The molecule has 108 valence electrons. The van der Waals surface area contributed by atoms with Gasteiger partial charge in [-0.2, -0.15) is 13.2 Å². The first-order valence-corrected chi connectivity index (χ1v) is 7.88. The molecule has 2 nitrogen and oxygen atoms in total. The molecule has 19 heavy (non-hydrogen) atoms. The van der Waals surface area contributed by atoms with Gasteiger partial charge in [0.2, 0.25) is 0 Å². The van der Waals surface area contributed by atoms with Crippen LogP contribution in [-0.4, -0.2) is 37.3 Å². The number of hydrogen-bond donors (Lipinski definition) is 1. The van der Waals surface area contributed by atoms with E-state index in [4.69, 9.17) is 0 Å². The van der Waals surface area contributed by atoms with Gasteiger partial charge in [0.25, 0.3) is 0 Å². The molecule has 1 atom stereocenters. The monoisotopic (exact) mass is 356 g/mol. The fraction of sp³-hybridized carbons (Fsp3) is 0.667. The molecule has 1 aromatic rings. The van der Waals surface area contributed by atoms with Gasteiger partial charge in [-0.3, -0.25) is 4.90 Å². The molecule has 2 rings (SSSR count). The van der Waals surface area contributed by atoms with Crippen molar-refractivity contribution in [3.05, 3.63) is 20.8 Å². The number of rotatable bonds is 4. The van der Waals surface area contributed by atoms with Crippen LogP contribution in [0.15, 0.2) is 15.9 Å². The second-order valence-electron chi connectivity index (χ2n) is 4.62. The second kappa shape index (κ2) is 6.56. The van der Waals surface area contributed by atoms with Crippen molar-refractivity contribution in [3.63, 3.8) is 0 Å². The van der Waals surface area contributed by atoms with Crippen molar-refractivity contribution in [3.8, 4) is 0 Å². The summed E-state index contributed by atoms with van der Waals surface area (Å²) in [6, 6.07) is 1.81. The molecule has 7 heteroatoms. The fourth-order valence-electron chi connectivity index (χ4n) is 2.30. The number of nitrogens with one attached hydrogen (secondary N) is 1. The lowest BCUT2D eigenvalue weighted by Gasteiger charge is -2.34. The van der Waals surface area contributed by atoms with Crippen LogP contribution in [0.1, 0.15) is 23.8 Å². The Balaban J connectivity index is 2.08. The average Bonchev–Trinajstić information content (AvgIpc) is 2.76. The van der Waals surface area contributed by atoms with E-state index in [1.165, 1.54) is 11.3 Å². The van der Waals surface area contributed by atoms with Crippen molar-refractivity contribution in [1.82, 2.24) is 10.2 Å². The third-order valence-corrected chi connectivity index (χ3v) is 5.00. The van der Waals surface area contributed by atoms with Gasteiger partial charge in [0.05, 0.1) is 0 Å². The van der Waals surface area contributed by atoms with E-state index < -0.39 is 12.6 Å². The van der Waals surface area contributed by atoms with Crippen molar-refractivity contribution < 1.29 is 13.2 Å². The van der Waals surface area contributed by atoms with Crippen LogP contribution in [0.2, 0.25) is 0 Å². The van der Waals surface area contributed by atoms with Gasteiger partial charge in [-0.1, -0.05) is 0 Å². The first kappa shape index (κ1) is 15.3. The van der Waals surface area contributed by atoms with E-state index in [1.54, 1.807) is 0 Å². The number of thiophene rings is 1. The van der Waals surface area contributed by atoms with Gasteiger partial charge in [0.15, 0.2) is 0 Å². The van der Waals surface area contributed by atoms with E-state index in [0.717, 1.165) is 35.5 Å². The number of hydrogen-bond acceptors (Lipinski definition) is 3. The molecule has 0 aromatic carbocycles. The molecule has 1 saturated heterocycles. The highest BCUT2D eigenvalue weighted by molar-refractivity contribution is 9.10.